The number of amides is 2. The third-order valence-electron chi connectivity index (χ3n) is 2.41. The molecule has 0 atom stereocenters. The van der Waals surface area contributed by atoms with Crippen molar-refractivity contribution in [1.82, 2.24) is 10.9 Å². The molecule has 1 rings (SSSR count). The van der Waals surface area contributed by atoms with Gasteiger partial charge in [0.25, 0.3) is 5.91 Å². The Morgan fingerprint density at radius 1 is 1.22 bits per heavy atom. The number of halogens is 1. The van der Waals surface area contributed by atoms with Gasteiger partial charge >= 0.3 is 0 Å². The summed E-state index contributed by atoms with van der Waals surface area (Å²) < 4.78 is 0.981. The summed E-state index contributed by atoms with van der Waals surface area (Å²) in [5, 5.41) is 0. The van der Waals surface area contributed by atoms with Gasteiger partial charge in [-0.15, -0.1) is 0 Å². The molecular formula is C13H17IN2O2. The first-order valence-corrected chi connectivity index (χ1v) is 7.06. The van der Waals surface area contributed by atoms with Gasteiger partial charge in [0.15, 0.2) is 0 Å². The summed E-state index contributed by atoms with van der Waals surface area (Å²) in [6, 6.07) is 7.18. The second-order valence-electron chi connectivity index (χ2n) is 3.97. The monoisotopic (exact) mass is 360 g/mol. The highest BCUT2D eigenvalue weighted by Gasteiger charge is 2.07. The summed E-state index contributed by atoms with van der Waals surface area (Å²) >= 11 is 2.14. The average Bonchev–Trinajstić information content (AvgIpc) is 2.36. The standard InChI is InChI=1S/C13H17IN2O2/c1-2-3-4-8-12(17)15-16-13(18)10-6-5-7-11(14)9-10/h5-7,9H,2-4,8H2,1H3,(H,15,17)(H,16,18). The van der Waals surface area contributed by atoms with Crippen molar-refractivity contribution in [1.29, 1.82) is 0 Å². The van der Waals surface area contributed by atoms with E-state index in [0.717, 1.165) is 22.8 Å². The Balaban J connectivity index is 2.35. The van der Waals surface area contributed by atoms with Gasteiger partial charge in [0, 0.05) is 15.6 Å². The fourth-order valence-corrected chi connectivity index (χ4v) is 1.97. The lowest BCUT2D eigenvalue weighted by atomic mass is 10.2. The zero-order chi connectivity index (χ0) is 13.4. The zero-order valence-electron chi connectivity index (χ0n) is 10.3. The van der Waals surface area contributed by atoms with E-state index in [1.165, 1.54) is 0 Å². The van der Waals surface area contributed by atoms with Gasteiger partial charge in [0.05, 0.1) is 0 Å². The molecule has 0 fully saturated rings. The van der Waals surface area contributed by atoms with Gasteiger partial charge in [-0.1, -0.05) is 25.8 Å². The van der Waals surface area contributed by atoms with E-state index in [-0.39, 0.29) is 11.8 Å². The van der Waals surface area contributed by atoms with Crippen molar-refractivity contribution in [3.05, 3.63) is 33.4 Å². The maximum absolute atomic E-state index is 11.7. The Labute approximate surface area is 121 Å². The highest BCUT2D eigenvalue weighted by atomic mass is 127. The number of carbonyl (C=O) groups excluding carboxylic acids is 2. The zero-order valence-corrected chi connectivity index (χ0v) is 12.5. The molecule has 0 saturated heterocycles. The van der Waals surface area contributed by atoms with Crippen molar-refractivity contribution >= 4 is 34.4 Å². The maximum atomic E-state index is 11.7. The molecule has 98 valence electrons. The Morgan fingerprint density at radius 3 is 2.67 bits per heavy atom. The number of hydrogen-bond acceptors (Lipinski definition) is 2. The second kappa shape index (κ2) is 8.07. The van der Waals surface area contributed by atoms with Crippen LogP contribution in [-0.4, -0.2) is 11.8 Å². The molecule has 0 aliphatic rings. The summed E-state index contributed by atoms with van der Waals surface area (Å²) in [4.78, 5) is 23.1. The number of rotatable bonds is 5. The van der Waals surface area contributed by atoms with E-state index in [0.29, 0.717) is 12.0 Å². The molecule has 1 aromatic carbocycles. The van der Waals surface area contributed by atoms with Gasteiger partial charge in [0.2, 0.25) is 5.91 Å². The highest BCUT2D eigenvalue weighted by Crippen LogP contribution is 2.07. The molecule has 0 unspecified atom stereocenters. The van der Waals surface area contributed by atoms with Crippen LogP contribution < -0.4 is 10.9 Å². The van der Waals surface area contributed by atoms with Crippen LogP contribution in [0.15, 0.2) is 24.3 Å². The van der Waals surface area contributed by atoms with E-state index in [1.54, 1.807) is 18.2 Å². The molecule has 1 aromatic rings. The first kappa shape index (κ1) is 14.9. The summed E-state index contributed by atoms with van der Waals surface area (Å²) in [5.41, 5.74) is 5.37. The van der Waals surface area contributed by atoms with Crippen LogP contribution in [0.3, 0.4) is 0 Å². The molecule has 0 radical (unpaired) electrons. The number of unbranched alkanes of at least 4 members (excludes halogenated alkanes) is 2. The smallest absolute Gasteiger partial charge is 0.269 e. The van der Waals surface area contributed by atoms with Crippen molar-refractivity contribution in [2.75, 3.05) is 0 Å². The average molecular weight is 360 g/mol. The van der Waals surface area contributed by atoms with Crippen LogP contribution in [0.25, 0.3) is 0 Å². The lowest BCUT2D eigenvalue weighted by Gasteiger charge is -2.07. The molecule has 0 aliphatic heterocycles. The van der Waals surface area contributed by atoms with Crippen LogP contribution in [0.1, 0.15) is 43.0 Å². The molecule has 5 heteroatoms. The van der Waals surface area contributed by atoms with E-state index in [9.17, 15) is 9.59 Å². The summed E-state index contributed by atoms with van der Waals surface area (Å²) in [5.74, 6) is -0.445. The van der Waals surface area contributed by atoms with Gasteiger partial charge in [-0.3, -0.25) is 20.4 Å². The molecule has 0 saturated carbocycles. The predicted molar refractivity (Wildman–Crippen MR) is 78.9 cm³/mol. The summed E-state index contributed by atoms with van der Waals surface area (Å²) in [6.45, 7) is 2.08. The van der Waals surface area contributed by atoms with Crippen LogP contribution in [0.5, 0.6) is 0 Å². The predicted octanol–water partition coefficient (Wildman–Crippen LogP) is 2.63. The third-order valence-corrected chi connectivity index (χ3v) is 3.08. The molecule has 18 heavy (non-hydrogen) atoms. The topological polar surface area (TPSA) is 58.2 Å². The van der Waals surface area contributed by atoms with Crippen molar-refractivity contribution in [3.63, 3.8) is 0 Å². The fourth-order valence-electron chi connectivity index (χ4n) is 1.43. The molecule has 0 spiro atoms. The van der Waals surface area contributed by atoms with Gasteiger partial charge in [-0.25, -0.2) is 0 Å². The largest absolute Gasteiger partial charge is 0.273 e. The number of hydrogen-bond donors (Lipinski definition) is 2. The van der Waals surface area contributed by atoms with Crippen LogP contribution in [0, 0.1) is 3.57 Å². The summed E-state index contributed by atoms with van der Waals surface area (Å²) in [6.07, 6.45) is 3.39. The Morgan fingerprint density at radius 2 is 2.00 bits per heavy atom. The van der Waals surface area contributed by atoms with E-state index in [2.05, 4.69) is 40.4 Å². The number of carbonyl (C=O) groups is 2. The molecule has 2 amide bonds. The van der Waals surface area contributed by atoms with Gasteiger partial charge < -0.3 is 0 Å². The summed E-state index contributed by atoms with van der Waals surface area (Å²) in [7, 11) is 0. The van der Waals surface area contributed by atoms with E-state index >= 15 is 0 Å². The highest BCUT2D eigenvalue weighted by molar-refractivity contribution is 14.1. The van der Waals surface area contributed by atoms with Crippen LogP contribution in [0.2, 0.25) is 0 Å². The van der Waals surface area contributed by atoms with Crippen LogP contribution >= 0.6 is 22.6 Å². The third kappa shape index (κ3) is 5.48. The second-order valence-corrected chi connectivity index (χ2v) is 5.22. The van der Waals surface area contributed by atoms with Crippen molar-refractivity contribution in [2.45, 2.75) is 32.6 Å². The Kier molecular flexibility index (Phi) is 6.70. The lowest BCUT2D eigenvalue weighted by Crippen LogP contribution is -2.41. The van der Waals surface area contributed by atoms with E-state index in [4.69, 9.17) is 0 Å². The quantitative estimate of drug-likeness (QED) is 0.482. The molecule has 0 heterocycles. The molecule has 4 nitrogen and oxygen atoms in total. The van der Waals surface area contributed by atoms with Crippen molar-refractivity contribution < 1.29 is 9.59 Å². The molecular weight excluding hydrogens is 343 g/mol. The minimum atomic E-state index is -0.294. The van der Waals surface area contributed by atoms with Gasteiger partial charge in [0.1, 0.15) is 0 Å². The number of hydrazine groups is 1. The van der Waals surface area contributed by atoms with Crippen LogP contribution in [0.4, 0.5) is 0 Å². The molecule has 0 aliphatic carbocycles. The van der Waals surface area contributed by atoms with Crippen LogP contribution in [-0.2, 0) is 4.79 Å². The first-order valence-electron chi connectivity index (χ1n) is 5.98. The van der Waals surface area contributed by atoms with Crippen molar-refractivity contribution in [2.24, 2.45) is 0 Å². The lowest BCUT2D eigenvalue weighted by molar-refractivity contribution is -0.121. The molecule has 2 N–H and O–H groups in total. The van der Waals surface area contributed by atoms with E-state index in [1.807, 2.05) is 6.07 Å². The van der Waals surface area contributed by atoms with Gasteiger partial charge in [-0.2, -0.15) is 0 Å². The first-order chi connectivity index (χ1) is 8.63. The van der Waals surface area contributed by atoms with E-state index < -0.39 is 0 Å². The fraction of sp³-hybridized carbons (Fsp3) is 0.385. The van der Waals surface area contributed by atoms with Crippen molar-refractivity contribution in [3.8, 4) is 0 Å². The SMILES string of the molecule is CCCCCC(=O)NNC(=O)c1cccc(I)c1. The Bertz CT molecular complexity index is 421. The normalized spacial score (nSPS) is 9.89. The van der Waals surface area contributed by atoms with Gasteiger partial charge in [-0.05, 0) is 47.2 Å². The number of benzene rings is 1. The Hall–Kier alpha value is -1.11. The molecule has 0 bridgehead atoms. The number of nitrogens with one attached hydrogen (secondary N) is 2. The minimum Gasteiger partial charge on any atom is -0.273 e. The maximum Gasteiger partial charge on any atom is 0.269 e. The minimum absolute atomic E-state index is 0.151. The molecule has 0 aromatic heterocycles.